The Morgan fingerprint density at radius 3 is 3.00 bits per heavy atom. The van der Waals surface area contributed by atoms with Crippen LogP contribution in [0.25, 0.3) is 0 Å². The Morgan fingerprint density at radius 2 is 2.25 bits per heavy atom. The van der Waals surface area contributed by atoms with Gasteiger partial charge in [-0.25, -0.2) is 0 Å². The third-order valence-electron chi connectivity index (χ3n) is 2.93. The van der Waals surface area contributed by atoms with Gasteiger partial charge in [-0.2, -0.15) is 0 Å². The topological polar surface area (TPSA) is 41.1 Å². The second-order valence-corrected chi connectivity index (χ2v) is 4.51. The SMILES string of the molecule is CC(C)C(=O)Nc1cccc2c1CNCC2. The first kappa shape index (κ1) is 11.1. The summed E-state index contributed by atoms with van der Waals surface area (Å²) in [5.41, 5.74) is 3.55. The summed E-state index contributed by atoms with van der Waals surface area (Å²) < 4.78 is 0. The number of benzene rings is 1. The molecule has 1 heterocycles. The molecule has 0 aromatic heterocycles. The number of carbonyl (C=O) groups is 1. The molecule has 1 aliphatic rings. The average molecular weight is 218 g/mol. The monoisotopic (exact) mass is 218 g/mol. The molecule has 0 saturated heterocycles. The van der Waals surface area contributed by atoms with Gasteiger partial charge in [0, 0.05) is 18.2 Å². The minimum absolute atomic E-state index is 0.0207. The van der Waals surface area contributed by atoms with Gasteiger partial charge in [-0.05, 0) is 30.2 Å². The Labute approximate surface area is 96.2 Å². The molecule has 0 aliphatic carbocycles. The average Bonchev–Trinajstić information content (AvgIpc) is 2.29. The van der Waals surface area contributed by atoms with Gasteiger partial charge >= 0.3 is 0 Å². The molecule has 1 aliphatic heterocycles. The summed E-state index contributed by atoms with van der Waals surface area (Å²) in [5.74, 6) is 0.103. The van der Waals surface area contributed by atoms with E-state index in [1.54, 1.807) is 0 Å². The zero-order valence-corrected chi connectivity index (χ0v) is 9.84. The zero-order chi connectivity index (χ0) is 11.5. The van der Waals surface area contributed by atoms with Gasteiger partial charge in [-0.1, -0.05) is 26.0 Å². The van der Waals surface area contributed by atoms with Gasteiger partial charge < -0.3 is 10.6 Å². The third-order valence-corrected chi connectivity index (χ3v) is 2.93. The number of rotatable bonds is 2. The first-order valence-electron chi connectivity index (χ1n) is 5.81. The molecule has 2 N–H and O–H groups in total. The van der Waals surface area contributed by atoms with Crippen LogP contribution in [0.3, 0.4) is 0 Å². The lowest BCUT2D eigenvalue weighted by molar-refractivity contribution is -0.118. The standard InChI is InChI=1S/C13H18N2O/c1-9(2)13(16)15-12-5-3-4-10-6-7-14-8-11(10)12/h3-5,9,14H,6-8H2,1-2H3,(H,15,16). The molecule has 0 saturated carbocycles. The fourth-order valence-corrected chi connectivity index (χ4v) is 1.91. The predicted molar refractivity (Wildman–Crippen MR) is 65.3 cm³/mol. The molecule has 1 amide bonds. The van der Waals surface area contributed by atoms with Crippen molar-refractivity contribution >= 4 is 11.6 Å². The van der Waals surface area contributed by atoms with Crippen LogP contribution in [0.15, 0.2) is 18.2 Å². The summed E-state index contributed by atoms with van der Waals surface area (Å²) in [6.45, 7) is 5.68. The van der Waals surface area contributed by atoms with E-state index in [1.807, 2.05) is 26.0 Å². The van der Waals surface area contributed by atoms with E-state index in [-0.39, 0.29) is 11.8 Å². The van der Waals surface area contributed by atoms with E-state index < -0.39 is 0 Å². The van der Waals surface area contributed by atoms with Gasteiger partial charge in [0.2, 0.25) is 5.91 Å². The van der Waals surface area contributed by atoms with Gasteiger partial charge in [-0.15, -0.1) is 0 Å². The van der Waals surface area contributed by atoms with Gasteiger partial charge in [0.05, 0.1) is 0 Å². The number of anilines is 1. The number of amides is 1. The molecule has 86 valence electrons. The highest BCUT2D eigenvalue weighted by atomic mass is 16.1. The molecule has 0 atom stereocenters. The first-order valence-corrected chi connectivity index (χ1v) is 5.81. The van der Waals surface area contributed by atoms with Crippen molar-refractivity contribution in [1.29, 1.82) is 0 Å². The molecule has 16 heavy (non-hydrogen) atoms. The molecule has 0 unspecified atom stereocenters. The normalized spacial score (nSPS) is 14.7. The molecule has 0 bridgehead atoms. The van der Waals surface area contributed by atoms with Crippen LogP contribution < -0.4 is 10.6 Å². The van der Waals surface area contributed by atoms with Crippen LogP contribution >= 0.6 is 0 Å². The van der Waals surface area contributed by atoms with Crippen LogP contribution in [-0.4, -0.2) is 12.5 Å². The fraction of sp³-hybridized carbons (Fsp3) is 0.462. The summed E-state index contributed by atoms with van der Waals surface area (Å²) in [6.07, 6.45) is 1.04. The largest absolute Gasteiger partial charge is 0.326 e. The first-order chi connectivity index (χ1) is 7.68. The minimum Gasteiger partial charge on any atom is -0.326 e. The Morgan fingerprint density at radius 1 is 1.44 bits per heavy atom. The van der Waals surface area contributed by atoms with Crippen molar-refractivity contribution in [3.63, 3.8) is 0 Å². The lowest BCUT2D eigenvalue weighted by Gasteiger charge is -2.21. The molecular weight excluding hydrogens is 200 g/mol. The molecule has 3 heteroatoms. The van der Waals surface area contributed by atoms with Gasteiger partial charge in [0.25, 0.3) is 0 Å². The van der Waals surface area contributed by atoms with Crippen molar-refractivity contribution in [2.45, 2.75) is 26.8 Å². The van der Waals surface area contributed by atoms with Gasteiger partial charge in [0.1, 0.15) is 0 Å². The Balaban J connectivity index is 2.24. The Kier molecular flexibility index (Phi) is 3.25. The van der Waals surface area contributed by atoms with Crippen LogP contribution in [-0.2, 0) is 17.8 Å². The van der Waals surface area contributed by atoms with Crippen molar-refractivity contribution in [1.82, 2.24) is 5.32 Å². The summed E-state index contributed by atoms with van der Waals surface area (Å²) in [6, 6.07) is 6.13. The van der Waals surface area contributed by atoms with E-state index in [0.717, 1.165) is 25.2 Å². The van der Waals surface area contributed by atoms with E-state index in [9.17, 15) is 4.79 Å². The number of fused-ring (bicyclic) bond motifs is 1. The molecule has 0 spiro atoms. The third kappa shape index (κ3) is 2.25. The quantitative estimate of drug-likeness (QED) is 0.796. The van der Waals surface area contributed by atoms with Crippen LogP contribution in [0.5, 0.6) is 0 Å². The summed E-state index contributed by atoms with van der Waals surface area (Å²) in [5, 5.41) is 6.32. The van der Waals surface area contributed by atoms with Crippen molar-refractivity contribution in [2.75, 3.05) is 11.9 Å². The second kappa shape index (κ2) is 4.66. The lowest BCUT2D eigenvalue weighted by atomic mass is 9.99. The van der Waals surface area contributed by atoms with Crippen LogP contribution in [0.1, 0.15) is 25.0 Å². The molecule has 1 aromatic rings. The summed E-state index contributed by atoms with van der Waals surface area (Å²) in [7, 11) is 0. The van der Waals surface area contributed by atoms with Crippen molar-refractivity contribution in [2.24, 2.45) is 5.92 Å². The van der Waals surface area contributed by atoms with E-state index >= 15 is 0 Å². The number of hydrogen-bond acceptors (Lipinski definition) is 2. The van der Waals surface area contributed by atoms with Crippen LogP contribution in [0.4, 0.5) is 5.69 Å². The minimum atomic E-state index is 0.0207. The van der Waals surface area contributed by atoms with Crippen molar-refractivity contribution in [3.05, 3.63) is 29.3 Å². The van der Waals surface area contributed by atoms with Crippen LogP contribution in [0.2, 0.25) is 0 Å². The molecular formula is C13H18N2O. The highest BCUT2D eigenvalue weighted by Crippen LogP contribution is 2.23. The fourth-order valence-electron chi connectivity index (χ4n) is 1.91. The predicted octanol–water partition coefficient (Wildman–Crippen LogP) is 1.93. The molecule has 2 rings (SSSR count). The van der Waals surface area contributed by atoms with Gasteiger partial charge in [-0.3, -0.25) is 4.79 Å². The van der Waals surface area contributed by atoms with Crippen LogP contribution in [0, 0.1) is 5.92 Å². The maximum atomic E-state index is 11.7. The van der Waals surface area contributed by atoms with E-state index in [0.29, 0.717) is 0 Å². The molecule has 0 radical (unpaired) electrons. The van der Waals surface area contributed by atoms with E-state index in [4.69, 9.17) is 0 Å². The second-order valence-electron chi connectivity index (χ2n) is 4.51. The molecule has 1 aromatic carbocycles. The Hall–Kier alpha value is -1.35. The number of carbonyl (C=O) groups excluding carboxylic acids is 1. The van der Waals surface area contributed by atoms with E-state index in [1.165, 1.54) is 11.1 Å². The number of hydrogen-bond donors (Lipinski definition) is 2. The lowest BCUT2D eigenvalue weighted by Crippen LogP contribution is -2.26. The maximum Gasteiger partial charge on any atom is 0.226 e. The zero-order valence-electron chi connectivity index (χ0n) is 9.84. The maximum absolute atomic E-state index is 11.7. The number of nitrogens with one attached hydrogen (secondary N) is 2. The summed E-state index contributed by atoms with van der Waals surface area (Å²) >= 11 is 0. The Bertz CT molecular complexity index is 399. The van der Waals surface area contributed by atoms with Gasteiger partial charge in [0.15, 0.2) is 0 Å². The van der Waals surface area contributed by atoms with E-state index in [2.05, 4.69) is 16.7 Å². The smallest absolute Gasteiger partial charge is 0.226 e. The highest BCUT2D eigenvalue weighted by Gasteiger charge is 2.14. The molecule has 3 nitrogen and oxygen atoms in total. The van der Waals surface area contributed by atoms with Crippen molar-refractivity contribution < 1.29 is 4.79 Å². The summed E-state index contributed by atoms with van der Waals surface area (Å²) in [4.78, 5) is 11.7. The van der Waals surface area contributed by atoms with Crippen molar-refractivity contribution in [3.8, 4) is 0 Å². The highest BCUT2D eigenvalue weighted by molar-refractivity contribution is 5.93. The molecule has 0 fully saturated rings.